The second-order valence-electron chi connectivity index (χ2n) is 4.97. The molecule has 2 rings (SSSR count). The van der Waals surface area contributed by atoms with Crippen molar-refractivity contribution >= 4 is 5.78 Å². The average Bonchev–Trinajstić information content (AvgIpc) is 2.42. The van der Waals surface area contributed by atoms with Crippen LogP contribution in [0.1, 0.15) is 45.1 Å². The van der Waals surface area contributed by atoms with Gasteiger partial charge in [0.2, 0.25) is 0 Å². The molecule has 0 spiro atoms. The van der Waals surface area contributed by atoms with Crippen LogP contribution in [0.2, 0.25) is 0 Å². The van der Waals surface area contributed by atoms with Gasteiger partial charge in [0.1, 0.15) is 0 Å². The fourth-order valence-corrected chi connectivity index (χ4v) is 2.28. The number of pyridine rings is 1. The van der Waals surface area contributed by atoms with E-state index in [0.29, 0.717) is 0 Å². The van der Waals surface area contributed by atoms with Crippen LogP contribution in [0.25, 0.3) is 0 Å². The van der Waals surface area contributed by atoms with Gasteiger partial charge in [0.05, 0.1) is 0 Å². The van der Waals surface area contributed by atoms with Crippen LogP contribution < -0.4 is 0 Å². The molecule has 2 heteroatoms. The van der Waals surface area contributed by atoms with E-state index in [1.165, 1.54) is 5.56 Å². The van der Waals surface area contributed by atoms with Gasteiger partial charge >= 0.3 is 0 Å². The molecule has 1 aromatic heterocycles. The number of benzene rings is 1. The Morgan fingerprint density at radius 1 is 1.05 bits per heavy atom. The molecule has 0 radical (unpaired) electrons. The van der Waals surface area contributed by atoms with E-state index in [2.05, 4.69) is 18.0 Å². The van der Waals surface area contributed by atoms with Crippen molar-refractivity contribution in [1.82, 2.24) is 4.98 Å². The average molecular weight is 253 g/mol. The summed E-state index contributed by atoms with van der Waals surface area (Å²) in [6.07, 6.45) is 4.28. The van der Waals surface area contributed by atoms with Crippen LogP contribution in [0.5, 0.6) is 0 Å². The SMILES string of the molecule is CCc1cnccc1C(=O)c1cc(C)c(C)cc1C. The molecule has 2 aromatic rings. The summed E-state index contributed by atoms with van der Waals surface area (Å²) >= 11 is 0. The summed E-state index contributed by atoms with van der Waals surface area (Å²) < 4.78 is 0. The van der Waals surface area contributed by atoms with E-state index in [1.54, 1.807) is 12.4 Å². The predicted molar refractivity (Wildman–Crippen MR) is 77.7 cm³/mol. The third kappa shape index (κ3) is 2.58. The molecular formula is C17H19NO. The highest BCUT2D eigenvalue weighted by atomic mass is 16.1. The lowest BCUT2D eigenvalue weighted by Crippen LogP contribution is -2.08. The molecule has 0 unspecified atom stereocenters. The van der Waals surface area contributed by atoms with Crippen LogP contribution >= 0.6 is 0 Å². The van der Waals surface area contributed by atoms with Crippen molar-refractivity contribution in [2.45, 2.75) is 34.1 Å². The van der Waals surface area contributed by atoms with Gasteiger partial charge in [-0.3, -0.25) is 9.78 Å². The number of nitrogens with zero attached hydrogens (tertiary/aromatic N) is 1. The molecule has 0 atom stereocenters. The Labute approximate surface area is 114 Å². The van der Waals surface area contributed by atoms with E-state index >= 15 is 0 Å². The van der Waals surface area contributed by atoms with Crippen molar-refractivity contribution in [3.8, 4) is 0 Å². The van der Waals surface area contributed by atoms with Gasteiger partial charge in [-0.1, -0.05) is 13.0 Å². The highest BCUT2D eigenvalue weighted by molar-refractivity contribution is 6.10. The fraction of sp³-hybridized carbons (Fsp3) is 0.294. The molecule has 0 aliphatic heterocycles. The number of carbonyl (C=O) groups is 1. The molecule has 1 aromatic carbocycles. The molecule has 2 nitrogen and oxygen atoms in total. The number of carbonyl (C=O) groups excluding carboxylic acids is 1. The van der Waals surface area contributed by atoms with Crippen LogP contribution in [0, 0.1) is 20.8 Å². The predicted octanol–water partition coefficient (Wildman–Crippen LogP) is 3.80. The maximum Gasteiger partial charge on any atom is 0.193 e. The van der Waals surface area contributed by atoms with Gasteiger partial charge in [-0.2, -0.15) is 0 Å². The zero-order valence-corrected chi connectivity index (χ0v) is 11.9. The number of hydrogen-bond acceptors (Lipinski definition) is 2. The maximum absolute atomic E-state index is 12.7. The third-order valence-electron chi connectivity index (χ3n) is 3.61. The van der Waals surface area contributed by atoms with E-state index in [1.807, 2.05) is 32.9 Å². The number of aromatic nitrogens is 1. The fourth-order valence-electron chi connectivity index (χ4n) is 2.28. The van der Waals surface area contributed by atoms with Gasteiger partial charge in [0, 0.05) is 23.5 Å². The molecule has 0 fully saturated rings. The zero-order chi connectivity index (χ0) is 14.0. The van der Waals surface area contributed by atoms with Crippen LogP contribution in [0.15, 0.2) is 30.6 Å². The summed E-state index contributed by atoms with van der Waals surface area (Å²) in [6.45, 7) is 8.15. The number of hydrogen-bond donors (Lipinski definition) is 0. The normalized spacial score (nSPS) is 10.5. The van der Waals surface area contributed by atoms with Gasteiger partial charge in [-0.25, -0.2) is 0 Å². The largest absolute Gasteiger partial charge is 0.289 e. The molecule has 1 heterocycles. The van der Waals surface area contributed by atoms with E-state index in [0.717, 1.165) is 34.2 Å². The highest BCUT2D eigenvalue weighted by Gasteiger charge is 2.15. The Kier molecular flexibility index (Phi) is 3.79. The Morgan fingerprint density at radius 3 is 2.42 bits per heavy atom. The van der Waals surface area contributed by atoms with E-state index in [-0.39, 0.29) is 5.78 Å². The molecule has 0 bridgehead atoms. The number of rotatable bonds is 3. The molecule has 0 aliphatic rings. The van der Waals surface area contributed by atoms with Crippen molar-refractivity contribution in [3.63, 3.8) is 0 Å². The van der Waals surface area contributed by atoms with Crippen molar-refractivity contribution < 1.29 is 4.79 Å². The lowest BCUT2D eigenvalue weighted by Gasteiger charge is -2.11. The van der Waals surface area contributed by atoms with Gasteiger partial charge in [0.25, 0.3) is 0 Å². The summed E-state index contributed by atoms with van der Waals surface area (Å²) in [4.78, 5) is 16.8. The Hall–Kier alpha value is -1.96. The number of ketones is 1. The van der Waals surface area contributed by atoms with E-state index < -0.39 is 0 Å². The first-order valence-electron chi connectivity index (χ1n) is 6.60. The Balaban J connectivity index is 2.53. The summed E-state index contributed by atoms with van der Waals surface area (Å²) in [6, 6.07) is 5.89. The summed E-state index contributed by atoms with van der Waals surface area (Å²) in [5.41, 5.74) is 5.98. The van der Waals surface area contributed by atoms with E-state index in [4.69, 9.17) is 0 Å². The topological polar surface area (TPSA) is 30.0 Å². The molecule has 0 saturated carbocycles. The van der Waals surface area contributed by atoms with Crippen molar-refractivity contribution in [1.29, 1.82) is 0 Å². The minimum absolute atomic E-state index is 0.0971. The molecule has 19 heavy (non-hydrogen) atoms. The summed E-state index contributed by atoms with van der Waals surface area (Å²) in [5.74, 6) is 0.0971. The minimum atomic E-state index is 0.0971. The van der Waals surface area contributed by atoms with E-state index in [9.17, 15) is 4.79 Å². The first-order chi connectivity index (χ1) is 9.04. The molecule has 0 N–H and O–H groups in total. The first kappa shape index (κ1) is 13.5. The van der Waals surface area contributed by atoms with Crippen molar-refractivity contribution in [2.24, 2.45) is 0 Å². The molecule has 0 aliphatic carbocycles. The molecule has 0 amide bonds. The second-order valence-corrected chi connectivity index (χ2v) is 4.97. The standard InChI is InChI=1S/C17H19NO/c1-5-14-10-18-7-6-15(14)17(19)16-9-12(3)11(2)8-13(16)4/h6-10H,5H2,1-4H3. The summed E-state index contributed by atoms with van der Waals surface area (Å²) in [7, 11) is 0. The lowest BCUT2D eigenvalue weighted by molar-refractivity contribution is 0.103. The Morgan fingerprint density at radius 2 is 1.74 bits per heavy atom. The van der Waals surface area contributed by atoms with Gasteiger partial charge in [0.15, 0.2) is 5.78 Å². The smallest absolute Gasteiger partial charge is 0.193 e. The quantitative estimate of drug-likeness (QED) is 0.779. The number of aryl methyl sites for hydroxylation is 4. The zero-order valence-electron chi connectivity index (χ0n) is 11.9. The molecule has 0 saturated heterocycles. The summed E-state index contributed by atoms with van der Waals surface area (Å²) in [5, 5.41) is 0. The Bertz CT molecular complexity index is 629. The van der Waals surface area contributed by atoms with Gasteiger partial charge in [-0.15, -0.1) is 0 Å². The maximum atomic E-state index is 12.7. The lowest BCUT2D eigenvalue weighted by atomic mass is 9.93. The van der Waals surface area contributed by atoms with Crippen LogP contribution in [0.3, 0.4) is 0 Å². The first-order valence-corrected chi connectivity index (χ1v) is 6.60. The monoisotopic (exact) mass is 253 g/mol. The van der Waals surface area contributed by atoms with Gasteiger partial charge in [-0.05, 0) is 61.6 Å². The molecule has 98 valence electrons. The highest BCUT2D eigenvalue weighted by Crippen LogP contribution is 2.20. The third-order valence-corrected chi connectivity index (χ3v) is 3.61. The van der Waals surface area contributed by atoms with Crippen LogP contribution in [-0.4, -0.2) is 10.8 Å². The van der Waals surface area contributed by atoms with Crippen LogP contribution in [-0.2, 0) is 6.42 Å². The minimum Gasteiger partial charge on any atom is -0.289 e. The van der Waals surface area contributed by atoms with Gasteiger partial charge < -0.3 is 0 Å². The second kappa shape index (κ2) is 5.35. The van der Waals surface area contributed by atoms with Crippen LogP contribution in [0.4, 0.5) is 0 Å². The van der Waals surface area contributed by atoms with Crippen molar-refractivity contribution in [2.75, 3.05) is 0 Å². The molecular weight excluding hydrogens is 234 g/mol. The van der Waals surface area contributed by atoms with Crippen molar-refractivity contribution in [3.05, 3.63) is 64.0 Å².